The van der Waals surface area contributed by atoms with Gasteiger partial charge in [0, 0.05) is 6.54 Å². The molecule has 1 unspecified atom stereocenters. The molecule has 0 saturated carbocycles. The molecule has 0 bridgehead atoms. The first-order valence-electron chi connectivity index (χ1n) is 3.60. The minimum atomic E-state index is -1.28. The quantitative estimate of drug-likeness (QED) is 0.412. The maximum Gasteiger partial charge on any atom is 0.328 e. The second-order valence-electron chi connectivity index (χ2n) is 2.22. The Hall–Kier alpha value is -1.56. The summed E-state index contributed by atoms with van der Waals surface area (Å²) in [7, 11) is 0. The number of hydrogen-bond acceptors (Lipinski definition) is 3. The third-order valence-electron chi connectivity index (χ3n) is 1.19. The van der Waals surface area contributed by atoms with Crippen molar-refractivity contribution in [3.63, 3.8) is 0 Å². The lowest BCUT2D eigenvalue weighted by molar-refractivity contribution is -0.140. The number of carboxylic acid groups (broad SMARTS) is 1. The van der Waals surface area contributed by atoms with Gasteiger partial charge in [-0.25, -0.2) is 9.59 Å². The topological polar surface area (TPSA) is 98.7 Å². The SMILES string of the molecule is C=CCNC(=O)NC(CO)C(=O)O. The van der Waals surface area contributed by atoms with Crippen molar-refractivity contribution in [2.75, 3.05) is 13.2 Å². The molecule has 0 spiro atoms. The number of nitrogens with one attached hydrogen (secondary N) is 2. The highest BCUT2D eigenvalue weighted by molar-refractivity contribution is 5.82. The first-order valence-corrected chi connectivity index (χ1v) is 3.60. The highest BCUT2D eigenvalue weighted by Crippen LogP contribution is 1.81. The Morgan fingerprint density at radius 3 is 2.54 bits per heavy atom. The number of carbonyl (C=O) groups is 2. The zero-order chi connectivity index (χ0) is 10.3. The Morgan fingerprint density at radius 1 is 1.54 bits per heavy atom. The second-order valence-corrected chi connectivity index (χ2v) is 2.22. The summed E-state index contributed by atoms with van der Waals surface area (Å²) in [6, 6.07) is -1.92. The molecule has 74 valence electrons. The predicted octanol–water partition coefficient (Wildman–Crippen LogP) is -1.08. The van der Waals surface area contributed by atoms with Crippen molar-refractivity contribution in [3.8, 4) is 0 Å². The van der Waals surface area contributed by atoms with E-state index in [2.05, 4.69) is 17.2 Å². The molecule has 0 aliphatic heterocycles. The minimum absolute atomic E-state index is 0.240. The lowest BCUT2D eigenvalue weighted by Crippen LogP contribution is -2.47. The molecule has 0 saturated heterocycles. The van der Waals surface area contributed by atoms with Crippen molar-refractivity contribution >= 4 is 12.0 Å². The molecule has 0 heterocycles. The Balaban J connectivity index is 3.86. The highest BCUT2D eigenvalue weighted by atomic mass is 16.4. The van der Waals surface area contributed by atoms with Gasteiger partial charge in [0.2, 0.25) is 0 Å². The number of urea groups is 1. The van der Waals surface area contributed by atoms with Gasteiger partial charge in [-0.2, -0.15) is 0 Å². The van der Waals surface area contributed by atoms with Gasteiger partial charge < -0.3 is 20.8 Å². The van der Waals surface area contributed by atoms with E-state index in [0.29, 0.717) is 0 Å². The van der Waals surface area contributed by atoms with Gasteiger partial charge in [0.1, 0.15) is 0 Å². The molecule has 0 aromatic carbocycles. The fourth-order valence-corrected chi connectivity index (χ4v) is 0.560. The summed E-state index contributed by atoms with van der Waals surface area (Å²) >= 11 is 0. The maximum absolute atomic E-state index is 10.8. The molecule has 13 heavy (non-hydrogen) atoms. The Bertz CT molecular complexity index is 205. The molecule has 0 radical (unpaired) electrons. The van der Waals surface area contributed by atoms with Gasteiger partial charge in [-0.15, -0.1) is 6.58 Å². The number of amides is 2. The van der Waals surface area contributed by atoms with Crippen molar-refractivity contribution in [1.29, 1.82) is 0 Å². The third-order valence-corrected chi connectivity index (χ3v) is 1.19. The Labute approximate surface area is 75.3 Å². The van der Waals surface area contributed by atoms with Crippen LogP contribution in [0.4, 0.5) is 4.79 Å². The fraction of sp³-hybridized carbons (Fsp3) is 0.429. The molecule has 6 nitrogen and oxygen atoms in total. The van der Waals surface area contributed by atoms with Gasteiger partial charge in [0.25, 0.3) is 0 Å². The fourth-order valence-electron chi connectivity index (χ4n) is 0.560. The first-order chi connectivity index (χ1) is 6.11. The van der Waals surface area contributed by atoms with Gasteiger partial charge >= 0.3 is 12.0 Å². The molecule has 0 rings (SSSR count). The van der Waals surface area contributed by atoms with E-state index >= 15 is 0 Å². The third kappa shape index (κ3) is 4.81. The van der Waals surface area contributed by atoms with Gasteiger partial charge in [-0.05, 0) is 0 Å². The summed E-state index contributed by atoms with van der Waals surface area (Å²) in [6.45, 7) is 2.96. The lowest BCUT2D eigenvalue weighted by atomic mass is 10.3. The van der Waals surface area contributed by atoms with Crippen LogP contribution in [0.2, 0.25) is 0 Å². The number of aliphatic hydroxyl groups excluding tert-OH is 1. The molecule has 0 aliphatic rings. The molecule has 4 N–H and O–H groups in total. The van der Waals surface area contributed by atoms with E-state index in [1.165, 1.54) is 6.08 Å². The van der Waals surface area contributed by atoms with Crippen molar-refractivity contribution < 1.29 is 19.8 Å². The van der Waals surface area contributed by atoms with Gasteiger partial charge in [-0.3, -0.25) is 0 Å². The van der Waals surface area contributed by atoms with Crippen molar-refractivity contribution in [2.45, 2.75) is 6.04 Å². The zero-order valence-corrected chi connectivity index (χ0v) is 6.99. The summed E-state index contributed by atoms with van der Waals surface area (Å²) in [5.41, 5.74) is 0. The van der Waals surface area contributed by atoms with Crippen molar-refractivity contribution in [2.24, 2.45) is 0 Å². The number of hydrogen-bond donors (Lipinski definition) is 4. The van der Waals surface area contributed by atoms with Crippen LogP contribution in [0, 0.1) is 0 Å². The monoisotopic (exact) mass is 188 g/mol. The maximum atomic E-state index is 10.8. The summed E-state index contributed by atoms with van der Waals surface area (Å²) in [5, 5.41) is 21.3. The average molecular weight is 188 g/mol. The van der Waals surface area contributed by atoms with Gasteiger partial charge in [-0.1, -0.05) is 6.08 Å². The lowest BCUT2D eigenvalue weighted by Gasteiger charge is -2.11. The summed E-state index contributed by atoms with van der Waals surface area (Å²) in [4.78, 5) is 21.1. The molecule has 6 heteroatoms. The van der Waals surface area contributed by atoms with Crippen LogP contribution in [-0.4, -0.2) is 41.4 Å². The molecular weight excluding hydrogens is 176 g/mol. The van der Waals surface area contributed by atoms with E-state index in [4.69, 9.17) is 10.2 Å². The summed E-state index contributed by atoms with van der Waals surface area (Å²) in [5.74, 6) is -1.28. The second kappa shape index (κ2) is 6.01. The van der Waals surface area contributed by atoms with Gasteiger partial charge in [0.15, 0.2) is 6.04 Å². The Morgan fingerprint density at radius 2 is 2.15 bits per heavy atom. The molecule has 2 amide bonds. The minimum Gasteiger partial charge on any atom is -0.480 e. The average Bonchev–Trinajstić information content (AvgIpc) is 2.10. The number of carboxylic acids is 1. The standard InChI is InChI=1S/C7H12N2O4/c1-2-3-8-7(13)9-5(4-10)6(11)12/h2,5,10H,1,3-4H2,(H,11,12)(H2,8,9,13). The van der Waals surface area contributed by atoms with Crippen LogP contribution in [0.3, 0.4) is 0 Å². The number of aliphatic carboxylic acids is 1. The van der Waals surface area contributed by atoms with Crippen LogP contribution in [0.15, 0.2) is 12.7 Å². The normalized spacial score (nSPS) is 11.5. The van der Waals surface area contributed by atoms with Crippen molar-refractivity contribution in [1.82, 2.24) is 10.6 Å². The molecule has 0 aromatic rings. The van der Waals surface area contributed by atoms with E-state index in [0.717, 1.165) is 0 Å². The smallest absolute Gasteiger partial charge is 0.328 e. The predicted molar refractivity (Wildman–Crippen MR) is 45.2 cm³/mol. The molecule has 0 aromatic heterocycles. The van der Waals surface area contributed by atoms with Gasteiger partial charge in [0.05, 0.1) is 6.61 Å². The van der Waals surface area contributed by atoms with Crippen LogP contribution in [0.1, 0.15) is 0 Å². The van der Waals surface area contributed by atoms with Crippen molar-refractivity contribution in [3.05, 3.63) is 12.7 Å². The van der Waals surface area contributed by atoms with E-state index < -0.39 is 24.6 Å². The number of carbonyl (C=O) groups excluding carboxylic acids is 1. The van der Waals surface area contributed by atoms with Crippen LogP contribution in [0.25, 0.3) is 0 Å². The van der Waals surface area contributed by atoms with E-state index in [9.17, 15) is 9.59 Å². The molecular formula is C7H12N2O4. The first kappa shape index (κ1) is 11.4. The number of aliphatic hydroxyl groups is 1. The molecule has 0 fully saturated rings. The van der Waals surface area contributed by atoms with Crippen LogP contribution in [0.5, 0.6) is 0 Å². The summed E-state index contributed by atoms with van der Waals surface area (Å²) < 4.78 is 0. The largest absolute Gasteiger partial charge is 0.480 e. The zero-order valence-electron chi connectivity index (χ0n) is 6.99. The van der Waals surface area contributed by atoms with E-state index in [-0.39, 0.29) is 6.54 Å². The molecule has 0 aliphatic carbocycles. The number of rotatable bonds is 5. The highest BCUT2D eigenvalue weighted by Gasteiger charge is 2.17. The Kier molecular flexibility index (Phi) is 5.29. The summed E-state index contributed by atoms with van der Waals surface area (Å²) in [6.07, 6.45) is 1.45. The molecule has 1 atom stereocenters. The van der Waals surface area contributed by atoms with E-state index in [1.54, 1.807) is 0 Å². The van der Waals surface area contributed by atoms with E-state index in [1.807, 2.05) is 0 Å². The van der Waals surface area contributed by atoms with Crippen LogP contribution < -0.4 is 10.6 Å². The van der Waals surface area contributed by atoms with Crippen LogP contribution >= 0.6 is 0 Å². The van der Waals surface area contributed by atoms with Crippen LogP contribution in [-0.2, 0) is 4.79 Å².